The standard InChI is InChI=1S/C13H10ClN3/c14-12-7-10(16)3-6-13(12)17-11-4-1-9(8-15)2-5-11/h1-7,17H,16H2. The average Bonchev–Trinajstić information content (AvgIpc) is 2.34. The lowest BCUT2D eigenvalue weighted by molar-refractivity contribution is 1.47. The molecule has 0 saturated carbocycles. The maximum atomic E-state index is 8.69. The molecule has 2 rings (SSSR count). The predicted molar refractivity (Wildman–Crippen MR) is 70.3 cm³/mol. The molecule has 3 nitrogen and oxygen atoms in total. The van der Waals surface area contributed by atoms with Gasteiger partial charge in [-0.3, -0.25) is 0 Å². The van der Waals surface area contributed by atoms with Crippen molar-refractivity contribution in [2.75, 3.05) is 11.1 Å². The molecule has 0 aliphatic heterocycles. The third-order valence-corrected chi connectivity index (χ3v) is 2.60. The zero-order valence-corrected chi connectivity index (χ0v) is 9.70. The maximum Gasteiger partial charge on any atom is 0.0991 e. The molecule has 0 spiro atoms. The first-order chi connectivity index (χ1) is 8.19. The molecule has 0 radical (unpaired) electrons. The van der Waals surface area contributed by atoms with Gasteiger partial charge in [0.05, 0.1) is 22.3 Å². The van der Waals surface area contributed by atoms with Crippen LogP contribution in [0.5, 0.6) is 0 Å². The Kier molecular flexibility index (Phi) is 3.17. The number of rotatable bonds is 2. The third-order valence-electron chi connectivity index (χ3n) is 2.29. The average molecular weight is 244 g/mol. The van der Waals surface area contributed by atoms with Gasteiger partial charge in [0.15, 0.2) is 0 Å². The molecule has 0 aromatic heterocycles. The van der Waals surface area contributed by atoms with Crippen molar-refractivity contribution < 1.29 is 0 Å². The van der Waals surface area contributed by atoms with Crippen molar-refractivity contribution in [3.63, 3.8) is 0 Å². The highest BCUT2D eigenvalue weighted by Gasteiger charge is 2.01. The summed E-state index contributed by atoms with van der Waals surface area (Å²) in [5.74, 6) is 0. The molecule has 0 aliphatic carbocycles. The van der Waals surface area contributed by atoms with Crippen LogP contribution in [-0.2, 0) is 0 Å². The van der Waals surface area contributed by atoms with Crippen LogP contribution in [-0.4, -0.2) is 0 Å². The number of nitrogens with one attached hydrogen (secondary N) is 1. The van der Waals surface area contributed by atoms with Crippen molar-refractivity contribution in [3.05, 3.63) is 53.1 Å². The molecule has 0 fully saturated rings. The Morgan fingerprint density at radius 3 is 2.41 bits per heavy atom. The topological polar surface area (TPSA) is 61.8 Å². The fourth-order valence-electron chi connectivity index (χ4n) is 1.42. The fourth-order valence-corrected chi connectivity index (χ4v) is 1.65. The van der Waals surface area contributed by atoms with Crippen molar-refractivity contribution in [3.8, 4) is 6.07 Å². The molecule has 0 saturated heterocycles. The summed E-state index contributed by atoms with van der Waals surface area (Å²) in [6.07, 6.45) is 0. The predicted octanol–water partition coefficient (Wildman–Crippen LogP) is 3.54. The number of nitrogens with zero attached hydrogens (tertiary/aromatic N) is 1. The van der Waals surface area contributed by atoms with Gasteiger partial charge >= 0.3 is 0 Å². The van der Waals surface area contributed by atoms with E-state index >= 15 is 0 Å². The van der Waals surface area contributed by atoms with Crippen molar-refractivity contribution in [1.29, 1.82) is 5.26 Å². The Hall–Kier alpha value is -2.18. The van der Waals surface area contributed by atoms with Crippen LogP contribution < -0.4 is 11.1 Å². The summed E-state index contributed by atoms with van der Waals surface area (Å²) in [5, 5.41) is 12.4. The van der Waals surface area contributed by atoms with Crippen LogP contribution in [0.4, 0.5) is 17.1 Å². The molecule has 0 unspecified atom stereocenters. The van der Waals surface area contributed by atoms with Crippen LogP contribution in [0, 0.1) is 11.3 Å². The Morgan fingerprint density at radius 2 is 1.82 bits per heavy atom. The number of hydrogen-bond acceptors (Lipinski definition) is 3. The first kappa shape index (κ1) is 11.3. The molecule has 17 heavy (non-hydrogen) atoms. The number of nitriles is 1. The van der Waals surface area contributed by atoms with E-state index in [0.717, 1.165) is 11.4 Å². The van der Waals surface area contributed by atoms with Crippen LogP contribution in [0.1, 0.15) is 5.56 Å². The SMILES string of the molecule is N#Cc1ccc(Nc2ccc(N)cc2Cl)cc1. The zero-order valence-electron chi connectivity index (χ0n) is 8.94. The van der Waals surface area contributed by atoms with E-state index in [1.165, 1.54) is 0 Å². The van der Waals surface area contributed by atoms with Gasteiger partial charge in [-0.05, 0) is 42.5 Å². The van der Waals surface area contributed by atoms with Crippen LogP contribution in [0.3, 0.4) is 0 Å². The molecular weight excluding hydrogens is 234 g/mol. The molecule has 4 heteroatoms. The van der Waals surface area contributed by atoms with Gasteiger partial charge in [0.1, 0.15) is 0 Å². The minimum absolute atomic E-state index is 0.564. The summed E-state index contributed by atoms with van der Waals surface area (Å²) in [4.78, 5) is 0. The van der Waals surface area contributed by atoms with Crippen LogP contribution in [0.25, 0.3) is 0 Å². The largest absolute Gasteiger partial charge is 0.399 e. The molecule has 0 heterocycles. The number of hydrogen-bond donors (Lipinski definition) is 2. The Balaban J connectivity index is 2.23. The monoisotopic (exact) mass is 243 g/mol. The lowest BCUT2D eigenvalue weighted by atomic mass is 10.2. The second kappa shape index (κ2) is 4.77. The number of nitrogen functional groups attached to an aromatic ring is 1. The van der Waals surface area contributed by atoms with Gasteiger partial charge in [-0.1, -0.05) is 11.6 Å². The first-order valence-corrected chi connectivity index (χ1v) is 5.39. The molecule has 2 aromatic carbocycles. The second-order valence-electron chi connectivity index (χ2n) is 3.55. The van der Waals surface area contributed by atoms with E-state index in [4.69, 9.17) is 22.6 Å². The first-order valence-electron chi connectivity index (χ1n) is 5.01. The quantitative estimate of drug-likeness (QED) is 0.793. The van der Waals surface area contributed by atoms with E-state index in [9.17, 15) is 0 Å². The van der Waals surface area contributed by atoms with E-state index in [0.29, 0.717) is 16.3 Å². The molecule has 2 aromatic rings. The molecule has 0 aliphatic rings. The highest BCUT2D eigenvalue weighted by molar-refractivity contribution is 6.33. The smallest absolute Gasteiger partial charge is 0.0991 e. The van der Waals surface area contributed by atoms with E-state index in [-0.39, 0.29) is 0 Å². The maximum absolute atomic E-state index is 8.69. The van der Waals surface area contributed by atoms with E-state index < -0.39 is 0 Å². The van der Waals surface area contributed by atoms with E-state index in [1.807, 2.05) is 18.2 Å². The van der Waals surface area contributed by atoms with Gasteiger partial charge in [-0.15, -0.1) is 0 Å². The third kappa shape index (κ3) is 2.68. The molecule has 84 valence electrons. The van der Waals surface area contributed by atoms with Crippen molar-refractivity contribution >= 4 is 28.7 Å². The second-order valence-corrected chi connectivity index (χ2v) is 3.96. The summed E-state index contributed by atoms with van der Waals surface area (Å²) >= 11 is 6.04. The van der Waals surface area contributed by atoms with E-state index in [1.54, 1.807) is 24.3 Å². The molecule has 0 atom stereocenters. The summed E-state index contributed by atoms with van der Waals surface area (Å²) in [6.45, 7) is 0. The van der Waals surface area contributed by atoms with E-state index in [2.05, 4.69) is 11.4 Å². The highest BCUT2D eigenvalue weighted by atomic mass is 35.5. The lowest BCUT2D eigenvalue weighted by Crippen LogP contribution is -1.92. The molecule has 0 bridgehead atoms. The molecule has 0 amide bonds. The number of nitrogens with two attached hydrogens (primary N) is 1. The zero-order chi connectivity index (χ0) is 12.3. The Bertz CT molecular complexity index is 570. The number of halogens is 1. The van der Waals surface area contributed by atoms with Crippen molar-refractivity contribution in [2.24, 2.45) is 0 Å². The normalized spacial score (nSPS) is 9.65. The minimum atomic E-state index is 0.564. The van der Waals surface area contributed by atoms with Crippen molar-refractivity contribution in [1.82, 2.24) is 0 Å². The summed E-state index contributed by atoms with van der Waals surface area (Å²) < 4.78 is 0. The molecular formula is C13H10ClN3. The van der Waals surface area contributed by atoms with Crippen LogP contribution in [0.15, 0.2) is 42.5 Å². The highest BCUT2D eigenvalue weighted by Crippen LogP contribution is 2.27. The summed E-state index contributed by atoms with van der Waals surface area (Å²) in [7, 11) is 0. The lowest BCUT2D eigenvalue weighted by Gasteiger charge is -2.08. The van der Waals surface area contributed by atoms with Gasteiger partial charge in [0.25, 0.3) is 0 Å². The van der Waals surface area contributed by atoms with Gasteiger partial charge in [-0.2, -0.15) is 5.26 Å². The fraction of sp³-hybridized carbons (Fsp3) is 0. The van der Waals surface area contributed by atoms with Gasteiger partial charge in [-0.25, -0.2) is 0 Å². The van der Waals surface area contributed by atoms with Gasteiger partial charge in [0, 0.05) is 11.4 Å². The van der Waals surface area contributed by atoms with Crippen LogP contribution >= 0.6 is 11.6 Å². The van der Waals surface area contributed by atoms with Gasteiger partial charge < -0.3 is 11.1 Å². The van der Waals surface area contributed by atoms with Gasteiger partial charge in [0.2, 0.25) is 0 Å². The molecule has 3 N–H and O–H groups in total. The minimum Gasteiger partial charge on any atom is -0.399 e. The Morgan fingerprint density at radius 1 is 1.12 bits per heavy atom. The Labute approximate surface area is 104 Å². The number of anilines is 3. The summed E-state index contributed by atoms with van der Waals surface area (Å²) in [5.41, 5.74) is 8.51. The summed E-state index contributed by atoms with van der Waals surface area (Å²) in [6, 6.07) is 14.5. The number of benzene rings is 2. The van der Waals surface area contributed by atoms with Crippen molar-refractivity contribution in [2.45, 2.75) is 0 Å². The van der Waals surface area contributed by atoms with Crippen LogP contribution in [0.2, 0.25) is 5.02 Å².